The van der Waals surface area contributed by atoms with Crippen LogP contribution in [0.2, 0.25) is 0 Å². The van der Waals surface area contributed by atoms with E-state index in [1.807, 2.05) is 17.0 Å². The molecule has 2 aromatic rings. The van der Waals surface area contributed by atoms with Crippen LogP contribution in [0.4, 0.5) is 15.8 Å². The topological polar surface area (TPSA) is 64.1 Å². The van der Waals surface area contributed by atoms with Gasteiger partial charge in [0.2, 0.25) is 5.91 Å². The lowest BCUT2D eigenvalue weighted by Crippen LogP contribution is -2.52. The van der Waals surface area contributed by atoms with Crippen molar-refractivity contribution >= 4 is 23.2 Å². The zero-order valence-electron chi connectivity index (χ0n) is 14.7. The van der Waals surface area contributed by atoms with E-state index in [0.717, 1.165) is 23.7 Å². The number of halogens is 1. The first-order chi connectivity index (χ1) is 13.0. The molecule has 2 amide bonds. The molecule has 0 saturated carbocycles. The predicted octanol–water partition coefficient (Wildman–Crippen LogP) is 1.99. The van der Waals surface area contributed by atoms with Gasteiger partial charge in [-0.3, -0.25) is 14.5 Å². The zero-order valence-corrected chi connectivity index (χ0v) is 14.7. The molecule has 2 aromatic carbocycles. The third kappa shape index (κ3) is 3.38. The van der Waals surface area contributed by atoms with Crippen LogP contribution in [-0.4, -0.2) is 54.0 Å². The summed E-state index contributed by atoms with van der Waals surface area (Å²) in [6, 6.07) is 12.0. The van der Waals surface area contributed by atoms with Crippen molar-refractivity contribution in [3.05, 3.63) is 54.3 Å². The SMILES string of the molecule is O=C1C[C@@H](N2CCN(c3ccc(O)cc3)CC2)C(=O)N1c1ccc(F)cc1. The van der Waals surface area contributed by atoms with E-state index >= 15 is 0 Å². The molecule has 6 nitrogen and oxygen atoms in total. The number of rotatable bonds is 3. The third-order valence-electron chi connectivity index (χ3n) is 5.18. The Morgan fingerprint density at radius 1 is 0.852 bits per heavy atom. The molecule has 0 radical (unpaired) electrons. The van der Waals surface area contributed by atoms with Crippen molar-refractivity contribution in [3.63, 3.8) is 0 Å². The first kappa shape index (κ1) is 17.5. The summed E-state index contributed by atoms with van der Waals surface area (Å²) in [5.41, 5.74) is 1.44. The van der Waals surface area contributed by atoms with E-state index in [9.17, 15) is 19.1 Å². The standard InChI is InChI=1S/C20H20FN3O3/c21-14-1-3-16(4-2-14)24-19(26)13-18(20(24)27)23-11-9-22(10-12-23)15-5-7-17(25)8-6-15/h1-8,18,25H,9-13H2/t18-/m1/s1. The van der Waals surface area contributed by atoms with Crippen LogP contribution < -0.4 is 9.80 Å². The molecule has 1 atom stereocenters. The maximum Gasteiger partial charge on any atom is 0.251 e. The van der Waals surface area contributed by atoms with Crippen LogP contribution in [0.5, 0.6) is 5.75 Å². The summed E-state index contributed by atoms with van der Waals surface area (Å²) in [5.74, 6) is -0.671. The van der Waals surface area contributed by atoms with E-state index in [-0.39, 0.29) is 24.0 Å². The number of piperazine rings is 1. The van der Waals surface area contributed by atoms with E-state index in [1.165, 1.54) is 24.3 Å². The highest BCUT2D eigenvalue weighted by molar-refractivity contribution is 6.22. The lowest BCUT2D eigenvalue weighted by molar-refractivity contribution is -0.123. The van der Waals surface area contributed by atoms with Crippen molar-refractivity contribution in [1.82, 2.24) is 4.90 Å². The number of aromatic hydroxyl groups is 1. The van der Waals surface area contributed by atoms with Crippen LogP contribution >= 0.6 is 0 Å². The Kier molecular flexibility index (Phi) is 4.53. The van der Waals surface area contributed by atoms with Crippen LogP contribution in [-0.2, 0) is 9.59 Å². The molecule has 4 rings (SSSR count). The normalized spacial score (nSPS) is 21.1. The van der Waals surface area contributed by atoms with Crippen molar-refractivity contribution in [2.24, 2.45) is 0 Å². The number of carbonyl (C=O) groups is 2. The Morgan fingerprint density at radius 2 is 1.44 bits per heavy atom. The molecule has 0 unspecified atom stereocenters. The van der Waals surface area contributed by atoms with Gasteiger partial charge in [-0.1, -0.05) is 0 Å². The van der Waals surface area contributed by atoms with Crippen molar-refractivity contribution in [2.75, 3.05) is 36.0 Å². The van der Waals surface area contributed by atoms with E-state index in [0.29, 0.717) is 18.8 Å². The van der Waals surface area contributed by atoms with Crippen molar-refractivity contribution in [3.8, 4) is 5.75 Å². The number of phenolic OH excluding ortho intramolecular Hbond substituents is 1. The molecule has 7 heteroatoms. The van der Waals surface area contributed by atoms with Crippen LogP contribution in [0, 0.1) is 5.82 Å². The smallest absolute Gasteiger partial charge is 0.251 e. The minimum absolute atomic E-state index is 0.148. The second-order valence-electron chi connectivity index (χ2n) is 6.80. The minimum atomic E-state index is -0.468. The molecule has 2 aliphatic heterocycles. The number of benzene rings is 2. The van der Waals surface area contributed by atoms with E-state index in [4.69, 9.17) is 0 Å². The summed E-state index contributed by atoms with van der Waals surface area (Å²) < 4.78 is 13.1. The number of carbonyl (C=O) groups excluding carboxylic acids is 2. The Bertz CT molecular complexity index is 846. The van der Waals surface area contributed by atoms with Crippen LogP contribution in [0.15, 0.2) is 48.5 Å². The van der Waals surface area contributed by atoms with Gasteiger partial charge in [-0.2, -0.15) is 0 Å². The number of nitrogens with zero attached hydrogens (tertiary/aromatic N) is 3. The summed E-state index contributed by atoms with van der Waals surface area (Å²) in [6.07, 6.45) is 0.148. The fourth-order valence-electron chi connectivity index (χ4n) is 3.72. The quantitative estimate of drug-likeness (QED) is 0.839. The summed E-state index contributed by atoms with van der Waals surface area (Å²) in [6.45, 7) is 2.81. The molecular formula is C20H20FN3O3. The molecule has 1 N–H and O–H groups in total. The highest BCUT2D eigenvalue weighted by Gasteiger charge is 2.43. The molecular weight excluding hydrogens is 349 g/mol. The summed E-state index contributed by atoms with van der Waals surface area (Å²) >= 11 is 0. The van der Waals surface area contributed by atoms with Crippen LogP contribution in [0.1, 0.15) is 6.42 Å². The number of imide groups is 1. The molecule has 27 heavy (non-hydrogen) atoms. The Labute approximate surface area is 156 Å². The second kappa shape index (κ2) is 7.00. The summed E-state index contributed by atoms with van der Waals surface area (Å²) in [7, 11) is 0. The van der Waals surface area contributed by atoms with Crippen LogP contribution in [0.3, 0.4) is 0 Å². The first-order valence-corrected chi connectivity index (χ1v) is 8.93. The molecule has 2 fully saturated rings. The number of hydrogen-bond donors (Lipinski definition) is 1. The van der Waals surface area contributed by atoms with Gasteiger partial charge in [-0.05, 0) is 48.5 Å². The Morgan fingerprint density at radius 3 is 2.07 bits per heavy atom. The molecule has 2 heterocycles. The minimum Gasteiger partial charge on any atom is -0.508 e. The van der Waals surface area contributed by atoms with Gasteiger partial charge in [-0.15, -0.1) is 0 Å². The van der Waals surface area contributed by atoms with Crippen molar-refractivity contribution < 1.29 is 19.1 Å². The van der Waals surface area contributed by atoms with Gasteiger partial charge in [0, 0.05) is 31.9 Å². The molecule has 0 bridgehead atoms. The van der Waals surface area contributed by atoms with Gasteiger partial charge in [0.25, 0.3) is 5.91 Å². The number of hydrogen-bond acceptors (Lipinski definition) is 5. The summed E-state index contributed by atoms with van der Waals surface area (Å²) in [4.78, 5) is 30.6. The van der Waals surface area contributed by atoms with Crippen molar-refractivity contribution in [2.45, 2.75) is 12.5 Å². The highest BCUT2D eigenvalue weighted by atomic mass is 19.1. The van der Waals surface area contributed by atoms with Gasteiger partial charge in [0.15, 0.2) is 0 Å². The third-order valence-corrected chi connectivity index (χ3v) is 5.18. The Hall–Kier alpha value is -2.93. The first-order valence-electron chi connectivity index (χ1n) is 8.93. The molecule has 0 aromatic heterocycles. The maximum absolute atomic E-state index is 13.1. The zero-order chi connectivity index (χ0) is 19.0. The number of anilines is 2. The average molecular weight is 369 g/mol. The van der Waals surface area contributed by atoms with Crippen molar-refractivity contribution in [1.29, 1.82) is 0 Å². The number of phenols is 1. The van der Waals surface area contributed by atoms with Gasteiger partial charge in [-0.25, -0.2) is 9.29 Å². The lowest BCUT2D eigenvalue weighted by Gasteiger charge is -2.38. The predicted molar refractivity (Wildman–Crippen MR) is 99.2 cm³/mol. The van der Waals surface area contributed by atoms with Crippen LogP contribution in [0.25, 0.3) is 0 Å². The fourth-order valence-corrected chi connectivity index (χ4v) is 3.72. The monoisotopic (exact) mass is 369 g/mol. The van der Waals surface area contributed by atoms with E-state index in [1.54, 1.807) is 12.1 Å². The highest BCUT2D eigenvalue weighted by Crippen LogP contribution is 2.27. The molecule has 2 aliphatic rings. The molecule has 0 aliphatic carbocycles. The van der Waals surface area contributed by atoms with Gasteiger partial charge < -0.3 is 10.0 Å². The molecule has 2 saturated heterocycles. The molecule has 140 valence electrons. The largest absolute Gasteiger partial charge is 0.508 e. The van der Waals surface area contributed by atoms with Gasteiger partial charge >= 0.3 is 0 Å². The fraction of sp³-hybridized carbons (Fsp3) is 0.300. The number of amides is 2. The second-order valence-corrected chi connectivity index (χ2v) is 6.80. The maximum atomic E-state index is 13.1. The van der Waals surface area contributed by atoms with E-state index < -0.39 is 11.9 Å². The van der Waals surface area contributed by atoms with Gasteiger partial charge in [0.05, 0.1) is 18.2 Å². The lowest BCUT2D eigenvalue weighted by atomic mass is 10.1. The van der Waals surface area contributed by atoms with Gasteiger partial charge in [0.1, 0.15) is 11.6 Å². The Balaban J connectivity index is 1.43. The molecule has 0 spiro atoms. The summed E-state index contributed by atoms with van der Waals surface area (Å²) in [5, 5.41) is 9.41. The van der Waals surface area contributed by atoms with E-state index in [2.05, 4.69) is 4.90 Å². The average Bonchev–Trinajstić information content (AvgIpc) is 2.98.